The summed E-state index contributed by atoms with van der Waals surface area (Å²) in [5.74, 6) is -0.0976. The van der Waals surface area contributed by atoms with Gasteiger partial charge in [-0.15, -0.1) is 5.10 Å². The fourth-order valence-electron chi connectivity index (χ4n) is 0.363. The van der Waals surface area contributed by atoms with Crippen molar-refractivity contribution in [3.05, 3.63) is 20.7 Å². The van der Waals surface area contributed by atoms with E-state index in [1.807, 2.05) is 10.1 Å². The van der Waals surface area contributed by atoms with Gasteiger partial charge in [0.2, 0.25) is 5.95 Å². The first kappa shape index (κ1) is 5.54. The Hall–Kier alpha value is -1.59. The number of hydrogen-bond acceptors (Lipinski definition) is 4. The van der Waals surface area contributed by atoms with Crippen LogP contribution in [0.3, 0.4) is 0 Å². The van der Waals surface area contributed by atoms with Gasteiger partial charge in [0.1, 0.15) is 0 Å². The number of nitrogens with zero attached hydrogens (tertiary/aromatic N) is 1. The first-order chi connectivity index (χ1) is 4.20. The van der Waals surface area contributed by atoms with E-state index in [4.69, 9.17) is 5.73 Å². The molecular formula is C3H4N4O2. The van der Waals surface area contributed by atoms with Gasteiger partial charge < -0.3 is 5.73 Å². The third-order valence-electron chi connectivity index (χ3n) is 0.726. The van der Waals surface area contributed by atoms with Crippen LogP contribution in [0.4, 0.5) is 5.95 Å². The molecule has 1 aromatic rings. The SMILES string of the molecule is Nc1n[nH]c(=O)c(=O)[nH]1. The molecule has 0 spiro atoms. The third-order valence-corrected chi connectivity index (χ3v) is 0.726. The minimum absolute atomic E-state index is 0.0976. The van der Waals surface area contributed by atoms with Crippen LogP contribution in [-0.4, -0.2) is 15.2 Å². The molecule has 0 aliphatic rings. The molecule has 0 unspecified atom stereocenters. The monoisotopic (exact) mass is 128 g/mol. The maximum atomic E-state index is 10.3. The number of rotatable bonds is 0. The Bertz CT molecular complexity index is 310. The number of nitrogen functional groups attached to an aromatic ring is 1. The molecule has 9 heavy (non-hydrogen) atoms. The van der Waals surface area contributed by atoms with Crippen molar-refractivity contribution in [1.82, 2.24) is 15.2 Å². The maximum Gasteiger partial charge on any atom is 0.329 e. The van der Waals surface area contributed by atoms with Crippen molar-refractivity contribution in [2.24, 2.45) is 0 Å². The van der Waals surface area contributed by atoms with Crippen molar-refractivity contribution >= 4 is 5.95 Å². The molecule has 6 heteroatoms. The molecule has 0 amide bonds. The lowest BCUT2D eigenvalue weighted by molar-refractivity contribution is 0.918. The van der Waals surface area contributed by atoms with Crippen LogP contribution in [0.25, 0.3) is 0 Å². The van der Waals surface area contributed by atoms with E-state index in [0.29, 0.717) is 0 Å². The molecule has 0 aromatic carbocycles. The van der Waals surface area contributed by atoms with Crippen molar-refractivity contribution in [2.75, 3.05) is 5.73 Å². The number of anilines is 1. The predicted molar refractivity (Wildman–Crippen MR) is 29.9 cm³/mol. The van der Waals surface area contributed by atoms with Gasteiger partial charge in [0.05, 0.1) is 0 Å². The van der Waals surface area contributed by atoms with Crippen molar-refractivity contribution in [3.63, 3.8) is 0 Å². The molecule has 0 aliphatic heterocycles. The molecule has 0 fully saturated rings. The molecule has 0 atom stereocenters. The lowest BCUT2D eigenvalue weighted by Crippen LogP contribution is -2.31. The van der Waals surface area contributed by atoms with Crippen molar-refractivity contribution in [2.45, 2.75) is 0 Å². The molecule has 0 saturated heterocycles. The molecule has 0 bridgehead atoms. The Kier molecular flexibility index (Phi) is 1.07. The van der Waals surface area contributed by atoms with Gasteiger partial charge in [-0.1, -0.05) is 0 Å². The second-order valence-corrected chi connectivity index (χ2v) is 1.39. The fraction of sp³-hybridized carbons (Fsp3) is 0. The smallest absolute Gasteiger partial charge is 0.329 e. The van der Waals surface area contributed by atoms with Crippen LogP contribution in [0.15, 0.2) is 9.59 Å². The van der Waals surface area contributed by atoms with E-state index >= 15 is 0 Å². The van der Waals surface area contributed by atoms with Crippen molar-refractivity contribution in [3.8, 4) is 0 Å². The number of nitrogens with one attached hydrogen (secondary N) is 2. The Balaban J connectivity index is 3.53. The van der Waals surface area contributed by atoms with Crippen LogP contribution in [0.1, 0.15) is 0 Å². The maximum absolute atomic E-state index is 10.3. The lowest BCUT2D eigenvalue weighted by atomic mass is 10.8. The van der Waals surface area contributed by atoms with Gasteiger partial charge >= 0.3 is 11.1 Å². The molecule has 1 aromatic heterocycles. The summed E-state index contributed by atoms with van der Waals surface area (Å²) in [4.78, 5) is 22.6. The van der Waals surface area contributed by atoms with E-state index in [-0.39, 0.29) is 5.95 Å². The fourth-order valence-corrected chi connectivity index (χ4v) is 0.363. The summed E-state index contributed by atoms with van der Waals surface area (Å²) in [6.07, 6.45) is 0. The summed E-state index contributed by atoms with van der Waals surface area (Å²) in [5.41, 5.74) is 3.40. The van der Waals surface area contributed by atoms with E-state index in [1.54, 1.807) is 0 Å². The van der Waals surface area contributed by atoms with Gasteiger partial charge in [0.25, 0.3) is 0 Å². The van der Waals surface area contributed by atoms with Crippen LogP contribution < -0.4 is 16.9 Å². The Morgan fingerprint density at radius 3 is 2.44 bits per heavy atom. The molecule has 1 heterocycles. The largest absolute Gasteiger partial charge is 0.368 e. The van der Waals surface area contributed by atoms with Crippen LogP contribution in [0, 0.1) is 0 Å². The van der Waals surface area contributed by atoms with Crippen LogP contribution in [-0.2, 0) is 0 Å². The summed E-state index contributed by atoms with van der Waals surface area (Å²) < 4.78 is 0. The van der Waals surface area contributed by atoms with Crippen molar-refractivity contribution < 1.29 is 0 Å². The highest BCUT2D eigenvalue weighted by Crippen LogP contribution is 1.69. The molecule has 4 N–H and O–H groups in total. The predicted octanol–water partition coefficient (Wildman–Crippen LogP) is -1.96. The second kappa shape index (κ2) is 1.73. The average molecular weight is 128 g/mol. The van der Waals surface area contributed by atoms with Gasteiger partial charge in [-0.05, 0) is 0 Å². The van der Waals surface area contributed by atoms with Gasteiger partial charge in [-0.3, -0.25) is 14.6 Å². The molecule has 48 valence electrons. The van der Waals surface area contributed by atoms with Crippen LogP contribution >= 0.6 is 0 Å². The third kappa shape index (κ3) is 0.958. The minimum atomic E-state index is -0.802. The second-order valence-electron chi connectivity index (χ2n) is 1.39. The zero-order chi connectivity index (χ0) is 6.85. The highest BCUT2D eigenvalue weighted by molar-refractivity contribution is 5.08. The zero-order valence-corrected chi connectivity index (χ0v) is 4.34. The summed E-state index contributed by atoms with van der Waals surface area (Å²) in [5, 5.41) is 5.12. The summed E-state index contributed by atoms with van der Waals surface area (Å²) >= 11 is 0. The average Bonchev–Trinajstić information content (AvgIpc) is 1.80. The summed E-state index contributed by atoms with van der Waals surface area (Å²) in [7, 11) is 0. The summed E-state index contributed by atoms with van der Waals surface area (Å²) in [6.45, 7) is 0. The molecule has 6 nitrogen and oxygen atoms in total. The Labute approximate surface area is 48.7 Å². The number of hydrogen-bond donors (Lipinski definition) is 3. The number of aromatic amines is 2. The molecule has 1 rings (SSSR count). The first-order valence-electron chi connectivity index (χ1n) is 2.14. The van der Waals surface area contributed by atoms with Crippen LogP contribution in [0.5, 0.6) is 0 Å². The lowest BCUT2D eigenvalue weighted by Gasteiger charge is -1.84. The molecule has 0 aliphatic carbocycles. The van der Waals surface area contributed by atoms with Gasteiger partial charge in [0, 0.05) is 0 Å². The quantitative estimate of drug-likeness (QED) is 0.353. The Morgan fingerprint density at radius 1 is 1.33 bits per heavy atom. The topological polar surface area (TPSA) is 105 Å². The standard InChI is InChI=1S/C3H4N4O2/c4-3-5-1(8)2(9)6-7-3/h(H,6,9)(H3,4,5,7,8). The van der Waals surface area contributed by atoms with Gasteiger partial charge in [-0.25, -0.2) is 5.10 Å². The Morgan fingerprint density at radius 2 is 2.00 bits per heavy atom. The van der Waals surface area contributed by atoms with E-state index in [2.05, 4.69) is 5.10 Å². The molecule has 0 saturated carbocycles. The number of aromatic nitrogens is 3. The molecular weight excluding hydrogens is 124 g/mol. The zero-order valence-electron chi connectivity index (χ0n) is 4.34. The van der Waals surface area contributed by atoms with Crippen molar-refractivity contribution in [1.29, 1.82) is 0 Å². The van der Waals surface area contributed by atoms with Gasteiger partial charge in [-0.2, -0.15) is 0 Å². The first-order valence-corrected chi connectivity index (χ1v) is 2.14. The molecule has 0 radical (unpaired) electrons. The number of H-pyrrole nitrogens is 2. The highest BCUT2D eigenvalue weighted by atomic mass is 16.2. The van der Waals surface area contributed by atoms with E-state index < -0.39 is 11.1 Å². The highest BCUT2D eigenvalue weighted by Gasteiger charge is 1.90. The minimum Gasteiger partial charge on any atom is -0.368 e. The summed E-state index contributed by atoms with van der Waals surface area (Å²) in [6, 6.07) is 0. The van der Waals surface area contributed by atoms with Gasteiger partial charge in [0.15, 0.2) is 0 Å². The van der Waals surface area contributed by atoms with E-state index in [1.165, 1.54) is 0 Å². The number of nitrogens with two attached hydrogens (primary N) is 1. The van der Waals surface area contributed by atoms with E-state index in [9.17, 15) is 9.59 Å². The van der Waals surface area contributed by atoms with Crippen LogP contribution in [0.2, 0.25) is 0 Å². The van der Waals surface area contributed by atoms with E-state index in [0.717, 1.165) is 0 Å². The normalized spacial score (nSPS) is 9.33.